The van der Waals surface area contributed by atoms with Gasteiger partial charge < -0.3 is 4.42 Å². The first-order valence-electron chi connectivity index (χ1n) is 1.87. The molecule has 0 aliphatic carbocycles. The first-order valence-corrected chi connectivity index (χ1v) is 1.87. The molecule has 0 aromatic carbocycles. The molecule has 0 N–H and O–H groups in total. The van der Waals surface area contributed by atoms with Crippen LogP contribution in [0, 0.1) is 12.9 Å². The van der Waals surface area contributed by atoms with E-state index in [1.54, 1.807) is 6.92 Å². The molecule has 1 aromatic heterocycles. The fourth-order valence-electron chi connectivity index (χ4n) is 0.335. The maximum absolute atomic E-state index is 11.7. The summed E-state index contributed by atoms with van der Waals surface area (Å²) in [5, 5.41) is 0. The maximum atomic E-state index is 11.7. The maximum Gasteiger partial charge on any atom is 0.298 e. The molecule has 0 atom stereocenters. The van der Waals surface area contributed by atoms with Crippen LogP contribution < -0.4 is 0 Å². The summed E-state index contributed by atoms with van der Waals surface area (Å²) in [6.07, 6.45) is 1.04. The summed E-state index contributed by atoms with van der Waals surface area (Å²) in [6.45, 7) is 1.59. The Morgan fingerprint density at radius 2 is 2.57 bits per heavy atom. The number of hydrogen-bond acceptors (Lipinski definition) is 2. The minimum atomic E-state index is -0.627. The topological polar surface area (TPSA) is 26.0 Å². The van der Waals surface area contributed by atoms with Crippen molar-refractivity contribution < 1.29 is 8.81 Å². The third kappa shape index (κ3) is 0.765. The highest BCUT2D eigenvalue weighted by molar-refractivity contribution is 4.75. The molecule has 0 saturated heterocycles. The largest absolute Gasteiger partial charge is 0.416 e. The van der Waals surface area contributed by atoms with E-state index in [2.05, 4.69) is 9.40 Å². The van der Waals surface area contributed by atoms with E-state index in [-0.39, 0.29) is 0 Å². The molecule has 1 rings (SSSR count). The molecular weight excluding hydrogens is 96.1 g/mol. The lowest BCUT2D eigenvalue weighted by Gasteiger charge is -1.70. The van der Waals surface area contributed by atoms with Crippen LogP contribution in [0.5, 0.6) is 0 Å². The van der Waals surface area contributed by atoms with Gasteiger partial charge >= 0.3 is 0 Å². The predicted octanol–water partition coefficient (Wildman–Crippen LogP) is 1.12. The SMILES string of the molecule is Cc1ncc([18F])o1. The van der Waals surface area contributed by atoms with Crippen LogP contribution in [0.25, 0.3) is 0 Å². The van der Waals surface area contributed by atoms with Gasteiger partial charge in [-0.15, -0.1) is 0 Å². The number of aromatic nitrogens is 1. The Morgan fingerprint density at radius 3 is 2.71 bits per heavy atom. The summed E-state index contributed by atoms with van der Waals surface area (Å²) in [5.74, 6) is 0.359. The molecule has 0 fully saturated rings. The van der Waals surface area contributed by atoms with E-state index >= 15 is 0 Å². The number of aryl methyl sites for hydroxylation is 1. The third-order valence-electron chi connectivity index (χ3n) is 0.593. The lowest BCUT2D eigenvalue weighted by atomic mass is 10.8. The van der Waals surface area contributed by atoms with E-state index in [0.29, 0.717) is 5.89 Å². The summed E-state index contributed by atoms with van der Waals surface area (Å²) in [4.78, 5) is 3.47. The van der Waals surface area contributed by atoms with Gasteiger partial charge in [0.25, 0.3) is 6.01 Å². The van der Waals surface area contributed by atoms with Gasteiger partial charge in [0, 0.05) is 6.92 Å². The molecule has 0 aliphatic rings. The molecule has 0 radical (unpaired) electrons. The number of rotatable bonds is 0. The monoisotopic (exact) mass is 100 g/mol. The summed E-state index contributed by atoms with van der Waals surface area (Å²) in [5.41, 5.74) is 0. The Hall–Kier alpha value is -0.860. The van der Waals surface area contributed by atoms with E-state index in [9.17, 15) is 4.39 Å². The lowest BCUT2D eigenvalue weighted by molar-refractivity contribution is 0.343. The second kappa shape index (κ2) is 1.33. The highest BCUT2D eigenvalue weighted by Crippen LogP contribution is 1.96. The lowest BCUT2D eigenvalue weighted by Crippen LogP contribution is -1.59. The van der Waals surface area contributed by atoms with Crippen molar-refractivity contribution in [1.29, 1.82) is 0 Å². The van der Waals surface area contributed by atoms with Gasteiger partial charge in [0.2, 0.25) is 0 Å². The number of nitrogens with zero attached hydrogens (tertiary/aromatic N) is 1. The van der Waals surface area contributed by atoms with Crippen molar-refractivity contribution in [3.63, 3.8) is 0 Å². The van der Waals surface area contributed by atoms with Crippen molar-refractivity contribution in [2.24, 2.45) is 0 Å². The van der Waals surface area contributed by atoms with Crippen LogP contribution in [-0.2, 0) is 0 Å². The number of hydrogen-bond donors (Lipinski definition) is 0. The van der Waals surface area contributed by atoms with E-state index in [1.165, 1.54) is 0 Å². The van der Waals surface area contributed by atoms with Crippen LogP contribution in [0.4, 0.5) is 4.39 Å². The van der Waals surface area contributed by atoms with E-state index < -0.39 is 6.01 Å². The predicted molar refractivity (Wildman–Crippen MR) is 21.2 cm³/mol. The van der Waals surface area contributed by atoms with Crippen LogP contribution >= 0.6 is 0 Å². The van der Waals surface area contributed by atoms with Gasteiger partial charge in [0.05, 0.1) is 0 Å². The Kier molecular flexibility index (Phi) is 0.817. The molecule has 38 valence electrons. The van der Waals surface area contributed by atoms with Gasteiger partial charge in [-0.25, -0.2) is 4.98 Å². The van der Waals surface area contributed by atoms with Gasteiger partial charge in [-0.3, -0.25) is 0 Å². The minimum Gasteiger partial charge on any atom is -0.416 e. The second-order valence-corrected chi connectivity index (χ2v) is 1.18. The smallest absolute Gasteiger partial charge is 0.298 e. The average Bonchev–Trinajstić information content (AvgIpc) is 1.87. The van der Waals surface area contributed by atoms with Gasteiger partial charge in [0.15, 0.2) is 5.89 Å². The van der Waals surface area contributed by atoms with Crippen LogP contribution in [0.15, 0.2) is 10.6 Å². The second-order valence-electron chi connectivity index (χ2n) is 1.18. The number of oxazole rings is 1. The average molecular weight is 100 g/mol. The van der Waals surface area contributed by atoms with Crippen molar-refractivity contribution in [1.82, 2.24) is 4.98 Å². The van der Waals surface area contributed by atoms with Crippen molar-refractivity contribution in [3.05, 3.63) is 18.1 Å². The fourth-order valence-corrected chi connectivity index (χ4v) is 0.335. The van der Waals surface area contributed by atoms with Crippen LogP contribution in [0.1, 0.15) is 5.89 Å². The molecule has 0 spiro atoms. The Bertz CT molecular complexity index is 144. The molecule has 0 bridgehead atoms. The standard InChI is InChI=1S/C4H4FNO/c1-3-6-2-4(5)7-3/h2H,1H3/i5-1. The summed E-state index contributed by atoms with van der Waals surface area (Å²) in [7, 11) is 0. The van der Waals surface area contributed by atoms with Crippen molar-refractivity contribution >= 4 is 0 Å². The Balaban J connectivity index is 3.04. The molecule has 7 heavy (non-hydrogen) atoms. The normalized spacial score (nSPS) is 9.43. The van der Waals surface area contributed by atoms with Crippen LogP contribution in [0.3, 0.4) is 0 Å². The van der Waals surface area contributed by atoms with E-state index in [4.69, 9.17) is 0 Å². The molecular formula is C4H4FNO. The van der Waals surface area contributed by atoms with Gasteiger partial charge in [-0.1, -0.05) is 0 Å². The zero-order valence-electron chi connectivity index (χ0n) is 3.81. The van der Waals surface area contributed by atoms with Crippen LogP contribution in [-0.4, -0.2) is 4.98 Å². The highest BCUT2D eigenvalue weighted by Gasteiger charge is 1.91. The molecule has 0 saturated carbocycles. The molecule has 0 unspecified atom stereocenters. The van der Waals surface area contributed by atoms with Gasteiger partial charge in [-0.05, 0) is 0 Å². The molecule has 1 aromatic rings. The van der Waals surface area contributed by atoms with Gasteiger partial charge in [0.1, 0.15) is 6.20 Å². The molecule has 2 nitrogen and oxygen atoms in total. The summed E-state index contributed by atoms with van der Waals surface area (Å²) in [6, 6.07) is -0.627. The van der Waals surface area contributed by atoms with Crippen molar-refractivity contribution in [3.8, 4) is 0 Å². The highest BCUT2D eigenvalue weighted by atomic mass is 18.2. The molecule has 3 heteroatoms. The molecule has 0 aliphatic heterocycles. The van der Waals surface area contributed by atoms with Crippen LogP contribution in [0.2, 0.25) is 0 Å². The number of halogens is 1. The van der Waals surface area contributed by atoms with Gasteiger partial charge in [-0.2, -0.15) is 4.39 Å². The van der Waals surface area contributed by atoms with Crippen molar-refractivity contribution in [2.75, 3.05) is 0 Å². The fraction of sp³-hybridized carbons (Fsp3) is 0.250. The Morgan fingerprint density at radius 1 is 1.86 bits per heavy atom. The molecule has 0 amide bonds. The zero-order valence-corrected chi connectivity index (χ0v) is 3.81. The summed E-state index contributed by atoms with van der Waals surface area (Å²) < 4.78 is 16.0. The zero-order chi connectivity index (χ0) is 5.28. The van der Waals surface area contributed by atoms with Crippen molar-refractivity contribution in [2.45, 2.75) is 6.92 Å². The quantitative estimate of drug-likeness (QED) is 0.488. The van der Waals surface area contributed by atoms with E-state index in [0.717, 1.165) is 6.20 Å². The first-order chi connectivity index (χ1) is 3.29. The Labute approximate surface area is 40.0 Å². The molecule has 1 heterocycles. The first kappa shape index (κ1) is 4.30. The minimum absolute atomic E-state index is 0.359. The van der Waals surface area contributed by atoms with E-state index in [1.807, 2.05) is 0 Å². The summed E-state index contributed by atoms with van der Waals surface area (Å²) >= 11 is 0. The third-order valence-corrected chi connectivity index (χ3v) is 0.593.